The summed E-state index contributed by atoms with van der Waals surface area (Å²) < 4.78 is 38.8. The molecule has 7 heteroatoms. The number of ether oxygens (including phenoxy) is 2. The summed E-state index contributed by atoms with van der Waals surface area (Å²) in [4.78, 5) is 23.0. The Morgan fingerprint density at radius 1 is 1.24 bits per heavy atom. The van der Waals surface area contributed by atoms with Gasteiger partial charge in [-0.15, -0.1) is 0 Å². The molecule has 1 aromatic rings. The van der Waals surface area contributed by atoms with Crippen LogP contribution in [0.15, 0.2) is 24.3 Å². The molecule has 4 unspecified atom stereocenters. The lowest BCUT2D eigenvalue weighted by Gasteiger charge is -2.37. The highest BCUT2D eigenvalue weighted by molar-refractivity contribution is 5.90. The van der Waals surface area contributed by atoms with E-state index >= 15 is 0 Å². The third-order valence-electron chi connectivity index (χ3n) is 6.40. The van der Waals surface area contributed by atoms with Gasteiger partial charge in [-0.05, 0) is 74.1 Å². The minimum atomic E-state index is -4.28. The number of carboxylic acids is 1. The van der Waals surface area contributed by atoms with Crippen molar-refractivity contribution in [1.82, 2.24) is 0 Å². The number of carboxylic acid groups (broad SMARTS) is 1. The second kappa shape index (κ2) is 7.92. The Kier molecular flexibility index (Phi) is 5.88. The van der Waals surface area contributed by atoms with E-state index in [2.05, 4.69) is 6.92 Å². The number of benzene rings is 1. The summed E-state index contributed by atoms with van der Waals surface area (Å²) in [5.41, 5.74) is -0.125. The predicted octanol–water partition coefficient (Wildman–Crippen LogP) is 3.60. The van der Waals surface area contributed by atoms with E-state index in [0.717, 1.165) is 12.8 Å². The summed E-state index contributed by atoms with van der Waals surface area (Å²) >= 11 is 0. The van der Waals surface area contributed by atoms with E-state index < -0.39 is 29.9 Å². The highest BCUT2D eigenvalue weighted by Crippen LogP contribution is 2.54. The molecule has 5 nitrogen and oxygen atoms in total. The molecule has 2 saturated carbocycles. The van der Waals surface area contributed by atoms with Crippen LogP contribution >= 0.6 is 0 Å². The molecule has 3 rings (SSSR count). The molecule has 0 aliphatic heterocycles. The molecular formula is C22H27F2O5-. The molecule has 0 aromatic heterocycles. The van der Waals surface area contributed by atoms with E-state index in [0.29, 0.717) is 17.6 Å². The van der Waals surface area contributed by atoms with Crippen LogP contribution in [-0.4, -0.2) is 29.6 Å². The van der Waals surface area contributed by atoms with E-state index in [9.17, 15) is 23.5 Å². The highest BCUT2D eigenvalue weighted by Gasteiger charge is 2.51. The fraction of sp³-hybridized carbons (Fsp3) is 0.636. The minimum Gasteiger partial charge on any atom is -0.544 e. The Hall–Kier alpha value is -2.18. The number of halogens is 2. The van der Waals surface area contributed by atoms with Gasteiger partial charge in [-0.25, -0.2) is 4.79 Å². The Morgan fingerprint density at radius 2 is 1.90 bits per heavy atom. The van der Waals surface area contributed by atoms with Gasteiger partial charge in [-0.1, -0.05) is 20.8 Å². The van der Waals surface area contributed by atoms with Crippen molar-refractivity contribution >= 4 is 11.9 Å². The van der Waals surface area contributed by atoms with E-state index in [4.69, 9.17) is 9.47 Å². The topological polar surface area (TPSA) is 75.7 Å². The van der Waals surface area contributed by atoms with Crippen LogP contribution in [-0.2, 0) is 9.53 Å². The van der Waals surface area contributed by atoms with Crippen LogP contribution in [0.3, 0.4) is 0 Å². The lowest BCUT2D eigenvalue weighted by molar-refractivity contribution is -0.337. The molecule has 2 fully saturated rings. The van der Waals surface area contributed by atoms with E-state index in [1.807, 2.05) is 0 Å². The van der Waals surface area contributed by atoms with Gasteiger partial charge in [0, 0.05) is 0 Å². The number of carbonyl (C=O) groups excluding carboxylic acids is 2. The van der Waals surface area contributed by atoms with Crippen molar-refractivity contribution < 1.29 is 33.0 Å². The molecule has 29 heavy (non-hydrogen) atoms. The van der Waals surface area contributed by atoms with Crippen LogP contribution in [0.5, 0.6) is 5.75 Å². The molecule has 2 aliphatic carbocycles. The SMILES string of the molecule is CCC1(Oc2ccc(C(=O)OC(C(C)C)C(F)(F)C(=O)[O-])cc2)CC2CCC1C2. The number of alkyl halides is 2. The maximum absolute atomic E-state index is 13.8. The second-order valence-electron chi connectivity index (χ2n) is 8.61. The zero-order valence-electron chi connectivity index (χ0n) is 17.0. The van der Waals surface area contributed by atoms with Crippen molar-refractivity contribution in [2.24, 2.45) is 17.8 Å². The molecule has 2 bridgehead atoms. The predicted molar refractivity (Wildman–Crippen MR) is 99.5 cm³/mol. The van der Waals surface area contributed by atoms with E-state index in [1.54, 1.807) is 12.1 Å². The Labute approximate surface area is 169 Å². The zero-order valence-corrected chi connectivity index (χ0v) is 17.0. The van der Waals surface area contributed by atoms with Gasteiger partial charge in [0.15, 0.2) is 6.10 Å². The lowest BCUT2D eigenvalue weighted by atomic mass is 9.82. The zero-order chi connectivity index (χ0) is 21.4. The smallest absolute Gasteiger partial charge is 0.338 e. The summed E-state index contributed by atoms with van der Waals surface area (Å²) in [6.45, 7) is 4.83. The first-order valence-electron chi connectivity index (χ1n) is 10.2. The van der Waals surface area contributed by atoms with Crippen molar-refractivity contribution in [3.8, 4) is 5.75 Å². The van der Waals surface area contributed by atoms with Crippen LogP contribution in [0, 0.1) is 17.8 Å². The molecule has 0 saturated heterocycles. The normalized spacial score (nSPS) is 27.1. The third kappa shape index (κ3) is 4.09. The van der Waals surface area contributed by atoms with Crippen molar-refractivity contribution in [2.75, 3.05) is 0 Å². The molecule has 0 radical (unpaired) electrons. The quantitative estimate of drug-likeness (QED) is 0.613. The van der Waals surface area contributed by atoms with Crippen LogP contribution in [0.1, 0.15) is 63.2 Å². The average Bonchev–Trinajstić information content (AvgIpc) is 3.27. The number of esters is 1. The Bertz CT molecular complexity index is 761. The summed E-state index contributed by atoms with van der Waals surface area (Å²) in [5.74, 6) is -6.88. The monoisotopic (exact) mass is 409 g/mol. The van der Waals surface area contributed by atoms with Gasteiger partial charge < -0.3 is 19.4 Å². The summed E-state index contributed by atoms with van der Waals surface area (Å²) in [6, 6.07) is 6.15. The maximum Gasteiger partial charge on any atom is 0.338 e. The van der Waals surface area contributed by atoms with Crippen molar-refractivity contribution in [3.63, 3.8) is 0 Å². The Morgan fingerprint density at radius 3 is 2.34 bits per heavy atom. The summed E-state index contributed by atoms with van der Waals surface area (Å²) in [5, 5.41) is 10.7. The number of rotatable bonds is 8. The van der Waals surface area contributed by atoms with Crippen molar-refractivity contribution in [1.29, 1.82) is 0 Å². The van der Waals surface area contributed by atoms with Crippen LogP contribution < -0.4 is 9.84 Å². The van der Waals surface area contributed by atoms with Gasteiger partial charge in [-0.2, -0.15) is 8.78 Å². The van der Waals surface area contributed by atoms with Gasteiger partial charge in [0.1, 0.15) is 17.3 Å². The van der Waals surface area contributed by atoms with E-state index in [1.165, 1.54) is 45.2 Å². The largest absolute Gasteiger partial charge is 0.544 e. The molecule has 4 atom stereocenters. The number of hydrogen-bond acceptors (Lipinski definition) is 5. The molecular weight excluding hydrogens is 382 g/mol. The van der Waals surface area contributed by atoms with Gasteiger partial charge >= 0.3 is 11.9 Å². The average molecular weight is 409 g/mol. The van der Waals surface area contributed by atoms with Gasteiger partial charge in [-0.3, -0.25) is 0 Å². The molecule has 2 aliphatic rings. The van der Waals surface area contributed by atoms with Crippen molar-refractivity contribution in [3.05, 3.63) is 29.8 Å². The lowest BCUT2D eigenvalue weighted by Crippen LogP contribution is -2.53. The highest BCUT2D eigenvalue weighted by atomic mass is 19.3. The molecule has 0 amide bonds. The second-order valence-corrected chi connectivity index (χ2v) is 8.61. The molecule has 0 spiro atoms. The van der Waals surface area contributed by atoms with Gasteiger partial charge in [0.25, 0.3) is 0 Å². The van der Waals surface area contributed by atoms with Crippen molar-refractivity contribution in [2.45, 2.75) is 70.5 Å². The summed E-state index contributed by atoms with van der Waals surface area (Å²) in [7, 11) is 0. The fourth-order valence-corrected chi connectivity index (χ4v) is 4.85. The number of carbonyl (C=O) groups is 2. The first-order valence-corrected chi connectivity index (χ1v) is 10.2. The number of aliphatic carboxylic acids is 1. The van der Waals surface area contributed by atoms with Crippen LogP contribution in [0.4, 0.5) is 8.78 Å². The fourth-order valence-electron chi connectivity index (χ4n) is 4.85. The maximum atomic E-state index is 13.8. The van der Waals surface area contributed by atoms with E-state index in [-0.39, 0.29) is 11.2 Å². The standard InChI is InChI=1S/C22H28F2O5/c1-4-21(12-14-5-8-16(21)11-14)29-17-9-6-15(7-10-17)19(25)28-18(13(2)3)22(23,24)20(26)27/h6-7,9-10,13-14,16,18H,4-5,8,11-12H2,1-3H3,(H,26,27)/p-1. The van der Waals surface area contributed by atoms with Gasteiger partial charge in [0.2, 0.25) is 0 Å². The number of hydrogen-bond donors (Lipinski definition) is 0. The first-order chi connectivity index (χ1) is 13.6. The summed E-state index contributed by atoms with van der Waals surface area (Å²) in [6.07, 6.45) is 3.45. The minimum absolute atomic E-state index is 0.0515. The number of fused-ring (bicyclic) bond motifs is 2. The molecule has 1 aromatic carbocycles. The molecule has 0 heterocycles. The molecule has 160 valence electrons. The molecule has 0 N–H and O–H groups in total. The van der Waals surface area contributed by atoms with Crippen LogP contribution in [0.2, 0.25) is 0 Å². The van der Waals surface area contributed by atoms with Crippen LogP contribution in [0.25, 0.3) is 0 Å². The third-order valence-corrected chi connectivity index (χ3v) is 6.40. The Balaban J connectivity index is 1.69. The van der Waals surface area contributed by atoms with Gasteiger partial charge in [0.05, 0.1) is 5.56 Å². The first kappa shape index (κ1) is 21.5.